The summed E-state index contributed by atoms with van der Waals surface area (Å²) >= 11 is 0. The molecular formula is C38H23NO. The largest absolute Gasteiger partial charge is 0.309 e. The second-order valence-corrected chi connectivity index (χ2v) is 10.8. The van der Waals surface area contributed by atoms with Gasteiger partial charge in [-0.15, -0.1) is 0 Å². The number of aromatic nitrogens is 1. The molecule has 1 heterocycles. The van der Waals surface area contributed by atoms with Crippen LogP contribution in [0.5, 0.6) is 0 Å². The molecule has 1 aromatic heterocycles. The topological polar surface area (TPSA) is 22.0 Å². The number of carbonyl (C=O) groups is 1. The minimum atomic E-state index is -0.572. The van der Waals surface area contributed by atoms with Crippen molar-refractivity contribution in [2.45, 2.75) is 5.41 Å². The number of ketones is 1. The Balaban J connectivity index is 1.50. The number of nitrogens with zero attached hydrogens (tertiary/aromatic N) is 1. The van der Waals surface area contributed by atoms with Crippen LogP contribution in [0.25, 0.3) is 38.6 Å². The SMILES string of the molecule is O=C1c2ccccc2C2(c3ccccc31)c1ccccc1-c1cc3c(cc12)c1ccccc1n3-c1ccccc1. The van der Waals surface area contributed by atoms with Crippen LogP contribution in [0.4, 0.5) is 0 Å². The predicted octanol–water partition coefficient (Wildman–Crippen LogP) is 8.69. The molecule has 0 saturated carbocycles. The lowest BCUT2D eigenvalue weighted by molar-refractivity contribution is 0.103. The summed E-state index contributed by atoms with van der Waals surface area (Å²) in [7, 11) is 0. The minimum absolute atomic E-state index is 0.101. The van der Waals surface area contributed by atoms with Crippen molar-refractivity contribution in [3.8, 4) is 16.8 Å². The Kier molecular flexibility index (Phi) is 4.16. The molecule has 0 bridgehead atoms. The molecule has 0 aliphatic heterocycles. The van der Waals surface area contributed by atoms with Crippen molar-refractivity contribution in [2.24, 2.45) is 0 Å². The van der Waals surface area contributed by atoms with E-state index in [1.165, 1.54) is 44.1 Å². The molecule has 0 saturated heterocycles. The molecule has 40 heavy (non-hydrogen) atoms. The molecular weight excluding hydrogens is 486 g/mol. The minimum Gasteiger partial charge on any atom is -0.309 e. The molecule has 1 spiro atoms. The van der Waals surface area contributed by atoms with Gasteiger partial charge in [-0.3, -0.25) is 4.79 Å². The summed E-state index contributed by atoms with van der Waals surface area (Å²) in [4.78, 5) is 13.8. The molecule has 2 nitrogen and oxygen atoms in total. The van der Waals surface area contributed by atoms with Gasteiger partial charge in [0.25, 0.3) is 0 Å². The van der Waals surface area contributed by atoms with Crippen molar-refractivity contribution >= 4 is 27.6 Å². The maximum Gasteiger partial charge on any atom is 0.193 e. The predicted molar refractivity (Wildman–Crippen MR) is 162 cm³/mol. The van der Waals surface area contributed by atoms with Gasteiger partial charge in [-0.2, -0.15) is 0 Å². The quantitative estimate of drug-likeness (QED) is 0.217. The smallest absolute Gasteiger partial charge is 0.193 e. The highest BCUT2D eigenvalue weighted by molar-refractivity contribution is 6.16. The molecule has 0 N–H and O–H groups in total. The molecule has 9 rings (SSSR count). The van der Waals surface area contributed by atoms with Crippen molar-refractivity contribution in [1.82, 2.24) is 4.57 Å². The second-order valence-electron chi connectivity index (χ2n) is 10.8. The Bertz CT molecular complexity index is 2130. The molecule has 186 valence electrons. The van der Waals surface area contributed by atoms with Crippen LogP contribution in [0.1, 0.15) is 38.2 Å². The molecule has 0 amide bonds. The number of carbonyl (C=O) groups excluding carboxylic acids is 1. The molecule has 2 aliphatic carbocycles. The maximum atomic E-state index is 13.8. The molecule has 0 unspecified atom stereocenters. The molecule has 0 radical (unpaired) electrons. The number of benzene rings is 6. The summed E-state index contributed by atoms with van der Waals surface area (Å²) in [5.41, 5.74) is 11.6. The van der Waals surface area contributed by atoms with Crippen molar-refractivity contribution in [2.75, 3.05) is 0 Å². The standard InChI is InChI=1S/C38H23NO/c40-37-27-16-5-9-19-32(27)38(33-20-10-6-17-28(33)37)31-18-8-4-14-25(31)29-23-36-30(22-34(29)38)26-15-7-11-21-35(26)39(36)24-12-2-1-3-13-24/h1-23H. The van der Waals surface area contributed by atoms with Crippen LogP contribution >= 0.6 is 0 Å². The zero-order chi connectivity index (χ0) is 26.4. The van der Waals surface area contributed by atoms with Crippen molar-refractivity contribution in [1.29, 1.82) is 0 Å². The van der Waals surface area contributed by atoms with E-state index in [-0.39, 0.29) is 5.78 Å². The second kappa shape index (κ2) is 7.68. The zero-order valence-corrected chi connectivity index (χ0v) is 21.6. The number of fused-ring (bicyclic) bond motifs is 12. The number of rotatable bonds is 1. The number of para-hydroxylation sites is 2. The summed E-state index contributed by atoms with van der Waals surface area (Å²) in [5.74, 6) is 0.101. The molecule has 6 aromatic carbocycles. The summed E-state index contributed by atoms with van der Waals surface area (Å²) in [6, 6.07) is 49.3. The highest BCUT2D eigenvalue weighted by Crippen LogP contribution is 2.60. The van der Waals surface area contributed by atoms with E-state index in [1.807, 2.05) is 24.3 Å². The number of hydrogen-bond donors (Lipinski definition) is 0. The van der Waals surface area contributed by atoms with Crippen molar-refractivity contribution in [3.63, 3.8) is 0 Å². The molecule has 2 aliphatic rings. The summed E-state index contributed by atoms with van der Waals surface area (Å²) in [6.07, 6.45) is 0. The van der Waals surface area contributed by atoms with Gasteiger partial charge < -0.3 is 4.57 Å². The maximum absolute atomic E-state index is 13.8. The third kappa shape index (κ3) is 2.51. The number of hydrogen-bond acceptors (Lipinski definition) is 1. The molecule has 0 fully saturated rings. The van der Waals surface area contributed by atoms with E-state index in [4.69, 9.17) is 0 Å². The van der Waals surface area contributed by atoms with Crippen molar-refractivity contribution < 1.29 is 4.79 Å². The van der Waals surface area contributed by atoms with Crippen LogP contribution in [0.15, 0.2) is 140 Å². The third-order valence-corrected chi connectivity index (χ3v) is 9.00. The highest BCUT2D eigenvalue weighted by Gasteiger charge is 2.51. The van der Waals surface area contributed by atoms with Crippen LogP contribution in [0.3, 0.4) is 0 Å². The first-order valence-electron chi connectivity index (χ1n) is 13.7. The first kappa shape index (κ1) is 21.7. The van der Waals surface area contributed by atoms with Gasteiger partial charge in [0.05, 0.1) is 16.4 Å². The summed E-state index contributed by atoms with van der Waals surface area (Å²) < 4.78 is 2.38. The third-order valence-electron chi connectivity index (χ3n) is 9.00. The van der Waals surface area contributed by atoms with E-state index in [2.05, 4.69) is 120 Å². The van der Waals surface area contributed by atoms with Crippen LogP contribution in [0.2, 0.25) is 0 Å². The van der Waals surface area contributed by atoms with Gasteiger partial charge >= 0.3 is 0 Å². The fraction of sp³-hybridized carbons (Fsp3) is 0.0263. The van der Waals surface area contributed by atoms with E-state index in [0.29, 0.717) is 0 Å². The Hall–Kier alpha value is -5.21. The first-order chi connectivity index (χ1) is 19.8. The van der Waals surface area contributed by atoms with Gasteiger partial charge in [0.15, 0.2) is 5.78 Å². The van der Waals surface area contributed by atoms with Crippen LogP contribution in [-0.2, 0) is 5.41 Å². The zero-order valence-electron chi connectivity index (χ0n) is 21.6. The van der Waals surface area contributed by atoms with Gasteiger partial charge in [-0.1, -0.05) is 109 Å². The van der Waals surface area contributed by atoms with E-state index < -0.39 is 5.41 Å². The van der Waals surface area contributed by atoms with Gasteiger partial charge in [-0.25, -0.2) is 0 Å². The van der Waals surface area contributed by atoms with Crippen LogP contribution < -0.4 is 0 Å². The van der Waals surface area contributed by atoms with E-state index in [0.717, 1.165) is 27.9 Å². The average molecular weight is 510 g/mol. The fourth-order valence-corrected chi connectivity index (χ4v) is 7.48. The molecule has 0 atom stereocenters. The lowest BCUT2D eigenvalue weighted by atomic mass is 9.61. The van der Waals surface area contributed by atoms with Crippen LogP contribution in [-0.4, -0.2) is 10.4 Å². The van der Waals surface area contributed by atoms with E-state index in [9.17, 15) is 4.79 Å². The molecule has 7 aromatic rings. The summed E-state index contributed by atoms with van der Waals surface area (Å²) in [6.45, 7) is 0. The highest BCUT2D eigenvalue weighted by atomic mass is 16.1. The summed E-state index contributed by atoms with van der Waals surface area (Å²) in [5, 5.41) is 2.45. The Morgan fingerprint density at radius 2 is 0.975 bits per heavy atom. The van der Waals surface area contributed by atoms with Gasteiger partial charge in [0, 0.05) is 27.6 Å². The normalized spacial score (nSPS) is 14.2. The van der Waals surface area contributed by atoms with Crippen molar-refractivity contribution in [3.05, 3.63) is 173 Å². The van der Waals surface area contributed by atoms with Gasteiger partial charge in [-0.05, 0) is 63.7 Å². The monoisotopic (exact) mass is 509 g/mol. The van der Waals surface area contributed by atoms with Crippen LogP contribution in [0, 0.1) is 0 Å². The van der Waals surface area contributed by atoms with E-state index in [1.54, 1.807) is 0 Å². The fourth-order valence-electron chi connectivity index (χ4n) is 7.48. The average Bonchev–Trinajstić information content (AvgIpc) is 3.50. The van der Waals surface area contributed by atoms with E-state index >= 15 is 0 Å². The van der Waals surface area contributed by atoms with Gasteiger partial charge in [0.1, 0.15) is 0 Å². The Labute approximate surface area is 231 Å². The lowest BCUT2D eigenvalue weighted by Crippen LogP contribution is -2.36. The Morgan fingerprint density at radius 3 is 1.68 bits per heavy atom. The molecule has 2 heteroatoms. The van der Waals surface area contributed by atoms with Gasteiger partial charge in [0.2, 0.25) is 0 Å². The lowest BCUT2D eigenvalue weighted by Gasteiger charge is -2.39. The first-order valence-corrected chi connectivity index (χ1v) is 13.7. The Morgan fingerprint density at radius 1 is 0.425 bits per heavy atom.